The molecular formula is C16H20N4O3. The molecule has 2 aliphatic rings. The van der Waals surface area contributed by atoms with Crippen LogP contribution in [-0.2, 0) is 4.79 Å². The predicted octanol–water partition coefficient (Wildman–Crippen LogP) is 0.886. The molecule has 1 aromatic rings. The van der Waals surface area contributed by atoms with Crippen molar-refractivity contribution in [3.8, 4) is 0 Å². The first-order chi connectivity index (χ1) is 11.1. The number of carbonyl (C=O) groups is 3. The second-order valence-electron chi connectivity index (χ2n) is 5.71. The van der Waals surface area contributed by atoms with Gasteiger partial charge in [-0.1, -0.05) is 0 Å². The van der Waals surface area contributed by atoms with Crippen LogP contribution < -0.4 is 10.6 Å². The fourth-order valence-corrected chi connectivity index (χ4v) is 2.83. The fourth-order valence-electron chi connectivity index (χ4n) is 2.83. The number of nitrogens with one attached hydrogen (secondary N) is 2. The minimum absolute atomic E-state index is 0.0755. The monoisotopic (exact) mass is 316 g/mol. The Morgan fingerprint density at radius 3 is 2.43 bits per heavy atom. The molecule has 0 radical (unpaired) electrons. The molecule has 2 saturated heterocycles. The van der Waals surface area contributed by atoms with E-state index in [1.165, 1.54) is 4.90 Å². The number of carbonyl (C=O) groups excluding carboxylic acids is 3. The Morgan fingerprint density at radius 2 is 1.83 bits per heavy atom. The zero-order valence-corrected chi connectivity index (χ0v) is 12.9. The van der Waals surface area contributed by atoms with Crippen molar-refractivity contribution in [3.05, 3.63) is 29.8 Å². The van der Waals surface area contributed by atoms with Gasteiger partial charge >= 0.3 is 6.03 Å². The largest absolute Gasteiger partial charge is 0.383 e. The average molecular weight is 316 g/mol. The quantitative estimate of drug-likeness (QED) is 0.790. The van der Waals surface area contributed by atoms with Gasteiger partial charge in [0.25, 0.3) is 5.91 Å². The van der Waals surface area contributed by atoms with Gasteiger partial charge in [0.15, 0.2) is 0 Å². The SMILES string of the molecule is O=C(c1ccc(NCCN2C(=O)CNC2=O)cc1)N1CCCC1. The van der Waals surface area contributed by atoms with Gasteiger partial charge in [-0.05, 0) is 37.1 Å². The standard InChI is InChI=1S/C16H20N4O3/c21-14-11-18-16(23)20(14)10-7-17-13-5-3-12(4-6-13)15(22)19-8-1-2-9-19/h3-6,17H,1-2,7-11H2,(H,18,23). The predicted molar refractivity (Wildman–Crippen MR) is 85.2 cm³/mol. The molecule has 0 aliphatic carbocycles. The maximum Gasteiger partial charge on any atom is 0.324 e. The van der Waals surface area contributed by atoms with Crippen molar-refractivity contribution >= 4 is 23.5 Å². The summed E-state index contributed by atoms with van der Waals surface area (Å²) in [6.45, 7) is 2.54. The Hall–Kier alpha value is -2.57. The van der Waals surface area contributed by atoms with Crippen LogP contribution in [0, 0.1) is 0 Å². The zero-order chi connectivity index (χ0) is 16.2. The summed E-state index contributed by atoms with van der Waals surface area (Å²) in [5.41, 5.74) is 1.54. The molecule has 2 heterocycles. The Bertz CT molecular complexity index is 592. The molecule has 2 N–H and O–H groups in total. The minimum atomic E-state index is -0.344. The molecule has 0 aromatic heterocycles. The molecule has 122 valence electrons. The van der Waals surface area contributed by atoms with Crippen LogP contribution in [0.1, 0.15) is 23.2 Å². The summed E-state index contributed by atoms with van der Waals surface area (Å²) in [6, 6.07) is 6.95. The average Bonchev–Trinajstić information content (AvgIpc) is 3.20. The van der Waals surface area contributed by atoms with Crippen LogP contribution in [0.25, 0.3) is 0 Å². The van der Waals surface area contributed by atoms with Crippen molar-refractivity contribution in [1.29, 1.82) is 0 Å². The van der Waals surface area contributed by atoms with Crippen LogP contribution in [0.2, 0.25) is 0 Å². The molecule has 3 rings (SSSR count). The highest BCUT2D eigenvalue weighted by Gasteiger charge is 2.27. The summed E-state index contributed by atoms with van der Waals surface area (Å²) in [5, 5.41) is 5.63. The summed E-state index contributed by atoms with van der Waals surface area (Å²) < 4.78 is 0. The maximum absolute atomic E-state index is 12.2. The van der Waals surface area contributed by atoms with Crippen molar-refractivity contribution < 1.29 is 14.4 Å². The van der Waals surface area contributed by atoms with Crippen LogP contribution in [0.5, 0.6) is 0 Å². The van der Waals surface area contributed by atoms with Crippen molar-refractivity contribution in [3.63, 3.8) is 0 Å². The van der Waals surface area contributed by atoms with Crippen molar-refractivity contribution in [1.82, 2.24) is 15.1 Å². The zero-order valence-electron chi connectivity index (χ0n) is 12.9. The van der Waals surface area contributed by atoms with Gasteiger partial charge in [-0.15, -0.1) is 0 Å². The first kappa shape index (κ1) is 15.3. The maximum atomic E-state index is 12.2. The van der Waals surface area contributed by atoms with Crippen LogP contribution in [-0.4, -0.2) is 60.4 Å². The van der Waals surface area contributed by atoms with Gasteiger partial charge < -0.3 is 15.5 Å². The van der Waals surface area contributed by atoms with E-state index in [1.807, 2.05) is 17.0 Å². The molecule has 0 unspecified atom stereocenters. The third kappa shape index (κ3) is 3.44. The number of hydrogen-bond donors (Lipinski definition) is 2. The van der Waals surface area contributed by atoms with E-state index in [0.717, 1.165) is 31.6 Å². The van der Waals surface area contributed by atoms with Gasteiger partial charge in [0.1, 0.15) is 0 Å². The molecule has 7 heteroatoms. The van der Waals surface area contributed by atoms with E-state index < -0.39 is 0 Å². The van der Waals surface area contributed by atoms with Gasteiger partial charge in [0.05, 0.1) is 6.54 Å². The number of hydrogen-bond acceptors (Lipinski definition) is 4. The highest BCUT2D eigenvalue weighted by atomic mass is 16.2. The highest BCUT2D eigenvalue weighted by molar-refractivity contribution is 6.02. The molecule has 23 heavy (non-hydrogen) atoms. The van der Waals surface area contributed by atoms with Crippen LogP contribution in [0.3, 0.4) is 0 Å². The molecule has 0 spiro atoms. The lowest BCUT2D eigenvalue weighted by Gasteiger charge is -2.16. The summed E-state index contributed by atoms with van der Waals surface area (Å²) in [5.74, 6) is -0.128. The normalized spacial score (nSPS) is 17.6. The highest BCUT2D eigenvalue weighted by Crippen LogP contribution is 2.15. The molecule has 0 atom stereocenters. The summed E-state index contributed by atoms with van der Waals surface area (Å²) in [4.78, 5) is 38.1. The van der Waals surface area contributed by atoms with E-state index >= 15 is 0 Å². The molecular weight excluding hydrogens is 296 g/mol. The van der Waals surface area contributed by atoms with E-state index in [9.17, 15) is 14.4 Å². The van der Waals surface area contributed by atoms with Gasteiger partial charge in [-0.25, -0.2) is 4.79 Å². The van der Waals surface area contributed by atoms with Gasteiger partial charge in [-0.2, -0.15) is 0 Å². The van der Waals surface area contributed by atoms with Crippen LogP contribution >= 0.6 is 0 Å². The second kappa shape index (κ2) is 6.68. The lowest BCUT2D eigenvalue weighted by atomic mass is 10.2. The van der Waals surface area contributed by atoms with E-state index in [4.69, 9.17) is 0 Å². The number of imide groups is 1. The van der Waals surface area contributed by atoms with Gasteiger partial charge in [0, 0.05) is 37.4 Å². The fraction of sp³-hybridized carbons (Fsp3) is 0.438. The van der Waals surface area contributed by atoms with E-state index in [1.54, 1.807) is 12.1 Å². The second-order valence-corrected chi connectivity index (χ2v) is 5.71. The number of nitrogens with zero attached hydrogens (tertiary/aromatic N) is 2. The third-order valence-electron chi connectivity index (χ3n) is 4.13. The smallest absolute Gasteiger partial charge is 0.324 e. The van der Waals surface area contributed by atoms with Crippen LogP contribution in [0.4, 0.5) is 10.5 Å². The summed E-state index contributed by atoms with van der Waals surface area (Å²) in [6.07, 6.45) is 2.16. The van der Waals surface area contributed by atoms with E-state index in [0.29, 0.717) is 18.7 Å². The lowest BCUT2D eigenvalue weighted by Crippen LogP contribution is -2.35. The van der Waals surface area contributed by atoms with Crippen molar-refractivity contribution in [2.75, 3.05) is 38.0 Å². The minimum Gasteiger partial charge on any atom is -0.383 e. The Kier molecular flexibility index (Phi) is 4.45. The molecule has 2 fully saturated rings. The van der Waals surface area contributed by atoms with Gasteiger partial charge in [-0.3, -0.25) is 14.5 Å². The summed E-state index contributed by atoms with van der Waals surface area (Å²) >= 11 is 0. The Labute approximate surface area is 134 Å². The molecule has 2 aliphatic heterocycles. The number of likely N-dealkylation sites (tertiary alicyclic amines) is 1. The first-order valence-corrected chi connectivity index (χ1v) is 7.86. The summed E-state index contributed by atoms with van der Waals surface area (Å²) in [7, 11) is 0. The van der Waals surface area contributed by atoms with Crippen molar-refractivity contribution in [2.45, 2.75) is 12.8 Å². The Balaban J connectivity index is 1.50. The van der Waals surface area contributed by atoms with Crippen molar-refractivity contribution in [2.24, 2.45) is 0 Å². The Morgan fingerprint density at radius 1 is 1.13 bits per heavy atom. The first-order valence-electron chi connectivity index (χ1n) is 7.86. The molecule has 0 bridgehead atoms. The van der Waals surface area contributed by atoms with E-state index in [-0.39, 0.29) is 24.4 Å². The molecule has 4 amide bonds. The number of urea groups is 1. The van der Waals surface area contributed by atoms with Crippen LogP contribution in [0.15, 0.2) is 24.3 Å². The third-order valence-corrected chi connectivity index (χ3v) is 4.13. The van der Waals surface area contributed by atoms with E-state index in [2.05, 4.69) is 10.6 Å². The molecule has 1 aromatic carbocycles. The number of anilines is 1. The number of benzene rings is 1. The topological polar surface area (TPSA) is 81.8 Å². The lowest BCUT2D eigenvalue weighted by molar-refractivity contribution is -0.124. The van der Waals surface area contributed by atoms with Gasteiger partial charge in [0.2, 0.25) is 5.91 Å². The molecule has 7 nitrogen and oxygen atoms in total. The number of rotatable bonds is 5. The number of amides is 4. The molecule has 0 saturated carbocycles.